The molecular weight excluding hydrogens is 352 g/mol. The summed E-state index contributed by atoms with van der Waals surface area (Å²) in [4.78, 5) is 21.9. The predicted molar refractivity (Wildman–Crippen MR) is 110 cm³/mol. The zero-order valence-electron chi connectivity index (χ0n) is 17.1. The van der Waals surface area contributed by atoms with Gasteiger partial charge in [-0.05, 0) is 62.5 Å². The molecule has 1 aromatic heterocycles. The van der Waals surface area contributed by atoms with Crippen LogP contribution >= 0.6 is 0 Å². The molecule has 1 aromatic carbocycles. The van der Waals surface area contributed by atoms with Crippen LogP contribution in [0.5, 0.6) is 5.75 Å². The average Bonchev–Trinajstić information content (AvgIpc) is 3.03. The molecule has 6 heteroatoms. The number of fused-ring (bicyclic) bond motifs is 1. The van der Waals surface area contributed by atoms with Crippen LogP contribution in [0.1, 0.15) is 24.8 Å². The number of hydrogen-bond donors (Lipinski definition) is 1. The molecular formula is C22H30N4O2. The molecule has 1 unspecified atom stereocenters. The van der Waals surface area contributed by atoms with Gasteiger partial charge in [0.15, 0.2) is 0 Å². The van der Waals surface area contributed by atoms with Crippen LogP contribution in [-0.4, -0.2) is 67.6 Å². The van der Waals surface area contributed by atoms with Gasteiger partial charge in [0.2, 0.25) is 5.91 Å². The summed E-state index contributed by atoms with van der Waals surface area (Å²) in [5, 5.41) is 4.48. The van der Waals surface area contributed by atoms with E-state index in [0.29, 0.717) is 12.0 Å². The molecule has 0 radical (unpaired) electrons. The van der Waals surface area contributed by atoms with Crippen LogP contribution in [0.2, 0.25) is 0 Å². The molecule has 1 amide bonds. The van der Waals surface area contributed by atoms with Crippen LogP contribution in [0, 0.1) is 5.41 Å². The molecule has 2 aromatic rings. The SMILES string of the molecule is COc1ccc(CN(C)C(=O)C2CC3(CCNCC3)CN2C)c2cccnc12. The van der Waals surface area contributed by atoms with Gasteiger partial charge in [0.25, 0.3) is 0 Å². The van der Waals surface area contributed by atoms with E-state index in [1.54, 1.807) is 13.3 Å². The van der Waals surface area contributed by atoms with Gasteiger partial charge >= 0.3 is 0 Å². The zero-order chi connectivity index (χ0) is 19.7. The first-order valence-corrected chi connectivity index (χ1v) is 10.1. The quantitative estimate of drug-likeness (QED) is 0.879. The highest BCUT2D eigenvalue weighted by Crippen LogP contribution is 2.41. The van der Waals surface area contributed by atoms with Crippen molar-refractivity contribution in [1.29, 1.82) is 0 Å². The number of nitrogens with one attached hydrogen (secondary N) is 1. The number of amides is 1. The van der Waals surface area contributed by atoms with Crippen LogP contribution in [-0.2, 0) is 11.3 Å². The van der Waals surface area contributed by atoms with Gasteiger partial charge in [-0.2, -0.15) is 0 Å². The minimum absolute atomic E-state index is 0.0225. The molecule has 6 nitrogen and oxygen atoms in total. The number of hydrogen-bond acceptors (Lipinski definition) is 5. The number of benzene rings is 1. The lowest BCUT2D eigenvalue weighted by atomic mass is 9.77. The predicted octanol–water partition coefficient (Wildman–Crippen LogP) is 2.28. The number of pyridine rings is 1. The largest absolute Gasteiger partial charge is 0.494 e. The van der Waals surface area contributed by atoms with E-state index >= 15 is 0 Å². The van der Waals surface area contributed by atoms with Crippen molar-refractivity contribution in [2.75, 3.05) is 40.8 Å². The molecule has 2 saturated heterocycles. The van der Waals surface area contributed by atoms with Gasteiger partial charge in [-0.3, -0.25) is 14.7 Å². The lowest BCUT2D eigenvalue weighted by molar-refractivity contribution is -0.134. The van der Waals surface area contributed by atoms with Crippen molar-refractivity contribution < 1.29 is 9.53 Å². The Balaban J connectivity index is 1.52. The Labute approximate surface area is 166 Å². The monoisotopic (exact) mass is 382 g/mol. The van der Waals surface area contributed by atoms with Crippen molar-refractivity contribution in [2.45, 2.75) is 31.8 Å². The number of methoxy groups -OCH3 is 1. The lowest BCUT2D eigenvalue weighted by Crippen LogP contribution is -2.42. The van der Waals surface area contributed by atoms with E-state index in [0.717, 1.165) is 48.3 Å². The smallest absolute Gasteiger partial charge is 0.239 e. The highest BCUT2D eigenvalue weighted by molar-refractivity contribution is 5.88. The van der Waals surface area contributed by atoms with Gasteiger partial charge in [-0.1, -0.05) is 12.1 Å². The third-order valence-corrected chi connectivity index (χ3v) is 6.52. The summed E-state index contributed by atoms with van der Waals surface area (Å²) in [6.45, 7) is 3.73. The summed E-state index contributed by atoms with van der Waals surface area (Å²) < 4.78 is 5.44. The zero-order valence-corrected chi connectivity index (χ0v) is 17.1. The Bertz CT molecular complexity index is 863. The number of nitrogens with zero attached hydrogens (tertiary/aromatic N) is 3. The summed E-state index contributed by atoms with van der Waals surface area (Å²) in [7, 11) is 5.67. The molecule has 2 aliphatic heterocycles. The minimum atomic E-state index is -0.0225. The molecule has 2 aliphatic rings. The summed E-state index contributed by atoms with van der Waals surface area (Å²) in [6, 6.07) is 7.93. The number of aromatic nitrogens is 1. The molecule has 4 rings (SSSR count). The number of carbonyl (C=O) groups excluding carboxylic acids is 1. The fourth-order valence-corrected chi connectivity index (χ4v) is 4.96. The molecule has 150 valence electrons. The molecule has 28 heavy (non-hydrogen) atoms. The van der Waals surface area contributed by atoms with Crippen LogP contribution in [0.15, 0.2) is 30.5 Å². The van der Waals surface area contributed by atoms with Crippen molar-refractivity contribution in [2.24, 2.45) is 5.41 Å². The van der Waals surface area contributed by atoms with E-state index < -0.39 is 0 Å². The Kier molecular flexibility index (Phi) is 5.25. The second-order valence-corrected chi connectivity index (χ2v) is 8.41. The van der Waals surface area contributed by atoms with Crippen LogP contribution < -0.4 is 10.1 Å². The lowest BCUT2D eigenvalue weighted by Gasteiger charge is -2.33. The molecule has 3 heterocycles. The number of rotatable bonds is 4. The molecule has 1 atom stereocenters. The van der Waals surface area contributed by atoms with Gasteiger partial charge in [0.05, 0.1) is 13.2 Å². The van der Waals surface area contributed by atoms with Crippen molar-refractivity contribution in [1.82, 2.24) is 20.1 Å². The Morgan fingerprint density at radius 2 is 2.14 bits per heavy atom. The third kappa shape index (κ3) is 3.47. The summed E-state index contributed by atoms with van der Waals surface area (Å²) in [6.07, 6.45) is 5.08. The maximum Gasteiger partial charge on any atom is 0.239 e. The first-order chi connectivity index (χ1) is 13.5. The van der Waals surface area contributed by atoms with E-state index in [1.807, 2.05) is 36.2 Å². The fraction of sp³-hybridized carbons (Fsp3) is 0.545. The Hall–Kier alpha value is -2.18. The number of likely N-dealkylation sites (tertiary alicyclic amines) is 1. The highest BCUT2D eigenvalue weighted by Gasteiger charge is 2.46. The number of piperidine rings is 1. The van der Waals surface area contributed by atoms with Gasteiger partial charge in [0, 0.05) is 31.7 Å². The molecule has 2 fully saturated rings. The van der Waals surface area contributed by atoms with E-state index in [1.165, 1.54) is 12.8 Å². The highest BCUT2D eigenvalue weighted by atomic mass is 16.5. The Morgan fingerprint density at radius 1 is 1.36 bits per heavy atom. The first-order valence-electron chi connectivity index (χ1n) is 10.1. The summed E-state index contributed by atoms with van der Waals surface area (Å²) >= 11 is 0. The van der Waals surface area contributed by atoms with E-state index in [9.17, 15) is 4.79 Å². The first kappa shape index (κ1) is 19.2. The van der Waals surface area contributed by atoms with Crippen molar-refractivity contribution >= 4 is 16.8 Å². The van der Waals surface area contributed by atoms with Crippen molar-refractivity contribution in [3.05, 3.63) is 36.0 Å². The molecule has 1 spiro atoms. The van der Waals surface area contributed by atoms with E-state index in [4.69, 9.17) is 4.74 Å². The molecule has 0 bridgehead atoms. The number of carbonyl (C=O) groups is 1. The van der Waals surface area contributed by atoms with Gasteiger partial charge in [0.1, 0.15) is 11.3 Å². The number of ether oxygens (including phenoxy) is 1. The summed E-state index contributed by atoms with van der Waals surface area (Å²) in [5.74, 6) is 0.975. The molecule has 0 saturated carbocycles. The minimum Gasteiger partial charge on any atom is -0.494 e. The number of likely N-dealkylation sites (N-methyl/N-ethyl adjacent to an activating group) is 2. The fourth-order valence-electron chi connectivity index (χ4n) is 4.96. The Morgan fingerprint density at radius 3 is 2.89 bits per heavy atom. The van der Waals surface area contributed by atoms with Crippen LogP contribution in [0.3, 0.4) is 0 Å². The third-order valence-electron chi connectivity index (χ3n) is 6.52. The van der Waals surface area contributed by atoms with Gasteiger partial charge in [-0.15, -0.1) is 0 Å². The molecule has 1 N–H and O–H groups in total. The van der Waals surface area contributed by atoms with Crippen molar-refractivity contribution in [3.8, 4) is 5.75 Å². The molecule has 0 aliphatic carbocycles. The second kappa shape index (κ2) is 7.68. The maximum atomic E-state index is 13.3. The van der Waals surface area contributed by atoms with Gasteiger partial charge in [-0.25, -0.2) is 0 Å². The maximum absolute atomic E-state index is 13.3. The second-order valence-electron chi connectivity index (χ2n) is 8.41. The van der Waals surface area contributed by atoms with Crippen molar-refractivity contribution in [3.63, 3.8) is 0 Å². The normalized spacial score (nSPS) is 21.9. The van der Waals surface area contributed by atoms with Crippen LogP contribution in [0.25, 0.3) is 10.9 Å². The summed E-state index contributed by atoms with van der Waals surface area (Å²) in [5.41, 5.74) is 2.24. The van der Waals surface area contributed by atoms with Gasteiger partial charge < -0.3 is 15.0 Å². The average molecular weight is 383 g/mol. The standard InChI is InChI=1S/C22H30N4O2/c1-25(14-16-6-7-19(28-3)20-17(16)5-4-10-24-20)21(27)18-13-22(15-26(18)2)8-11-23-12-9-22/h4-7,10,18,23H,8-9,11-15H2,1-3H3. The van der Waals surface area contributed by atoms with E-state index in [-0.39, 0.29) is 11.9 Å². The topological polar surface area (TPSA) is 57.7 Å². The van der Waals surface area contributed by atoms with Crippen LogP contribution in [0.4, 0.5) is 0 Å². The van der Waals surface area contributed by atoms with E-state index in [2.05, 4.69) is 22.2 Å².